The van der Waals surface area contributed by atoms with E-state index in [2.05, 4.69) is 29.4 Å². The number of hydrogen-bond donors (Lipinski definition) is 2. The molecule has 0 bridgehead atoms. The van der Waals surface area contributed by atoms with Crippen LogP contribution in [0.1, 0.15) is 13.8 Å². The molecule has 0 spiro atoms. The maximum absolute atomic E-state index is 5.43. The van der Waals surface area contributed by atoms with Gasteiger partial charge in [-0.1, -0.05) is 6.92 Å². The van der Waals surface area contributed by atoms with Gasteiger partial charge in [0.05, 0.1) is 0 Å². The summed E-state index contributed by atoms with van der Waals surface area (Å²) in [5.74, 6) is 3.44. The molecule has 4 nitrogen and oxygen atoms in total. The molecule has 1 aromatic heterocycles. The summed E-state index contributed by atoms with van der Waals surface area (Å²) in [4.78, 5) is 0. The highest BCUT2D eigenvalue weighted by atomic mass is 32.2. The summed E-state index contributed by atoms with van der Waals surface area (Å²) in [6.45, 7) is 4.28. The first kappa shape index (κ1) is 11.1. The second-order valence-corrected chi connectivity index (χ2v) is 4.37. The van der Waals surface area contributed by atoms with Crippen LogP contribution in [0.3, 0.4) is 0 Å². The monoisotopic (exact) mass is 212 g/mol. The lowest BCUT2D eigenvalue weighted by Gasteiger charge is -2.12. The number of nitrogen functional groups attached to an aromatic ring is 1. The van der Waals surface area contributed by atoms with Crippen LogP contribution < -0.4 is 11.1 Å². The van der Waals surface area contributed by atoms with Crippen molar-refractivity contribution in [2.45, 2.75) is 19.9 Å². The van der Waals surface area contributed by atoms with Gasteiger partial charge in [-0.25, -0.2) is 0 Å². The number of nitrogens with one attached hydrogen (secondary N) is 1. The molecule has 1 unspecified atom stereocenters. The molecule has 1 atom stereocenters. The smallest absolute Gasteiger partial charge is 0.149 e. The topological polar surface area (TPSA) is 63.8 Å². The minimum atomic E-state index is 0.401. The van der Waals surface area contributed by atoms with Crippen molar-refractivity contribution in [2.24, 2.45) is 0 Å². The predicted molar refractivity (Wildman–Crippen MR) is 62.5 cm³/mol. The van der Waals surface area contributed by atoms with E-state index in [9.17, 15) is 0 Å². The van der Waals surface area contributed by atoms with Gasteiger partial charge >= 0.3 is 0 Å². The fourth-order valence-corrected chi connectivity index (χ4v) is 1.68. The van der Waals surface area contributed by atoms with Crippen LogP contribution in [0.4, 0.5) is 11.6 Å². The second-order valence-electron chi connectivity index (χ2n) is 3.05. The molecule has 0 fully saturated rings. The summed E-state index contributed by atoms with van der Waals surface area (Å²) < 4.78 is 0. The van der Waals surface area contributed by atoms with Gasteiger partial charge in [0.15, 0.2) is 0 Å². The summed E-state index contributed by atoms with van der Waals surface area (Å²) in [5.41, 5.74) is 5.43. The standard InChI is InChI=1S/C9H16N4S/c1-3-14-6-7(2)11-9-5-4-8(10)12-13-9/h4-5,7H,3,6H2,1-2H3,(H2,10,12)(H,11,13). The van der Waals surface area contributed by atoms with Crippen LogP contribution in [0.5, 0.6) is 0 Å². The predicted octanol–water partition coefficient (Wildman–Crippen LogP) is 1.61. The van der Waals surface area contributed by atoms with E-state index in [1.54, 1.807) is 6.07 Å². The van der Waals surface area contributed by atoms with E-state index < -0.39 is 0 Å². The molecular formula is C9H16N4S. The zero-order chi connectivity index (χ0) is 10.4. The third kappa shape index (κ3) is 3.83. The SMILES string of the molecule is CCSCC(C)Nc1ccc(N)nn1. The molecule has 0 aliphatic carbocycles. The van der Waals surface area contributed by atoms with E-state index in [0.717, 1.165) is 17.3 Å². The fraction of sp³-hybridized carbons (Fsp3) is 0.556. The first-order valence-electron chi connectivity index (χ1n) is 4.66. The van der Waals surface area contributed by atoms with E-state index in [4.69, 9.17) is 5.73 Å². The lowest BCUT2D eigenvalue weighted by molar-refractivity contribution is 0.886. The molecule has 1 aromatic rings. The minimum Gasteiger partial charge on any atom is -0.382 e. The van der Waals surface area contributed by atoms with E-state index >= 15 is 0 Å². The Labute approximate surface area is 88.7 Å². The summed E-state index contributed by atoms with van der Waals surface area (Å²) in [6, 6.07) is 3.99. The van der Waals surface area contributed by atoms with Gasteiger partial charge in [-0.05, 0) is 24.8 Å². The second kappa shape index (κ2) is 5.70. The first-order chi connectivity index (χ1) is 6.72. The molecule has 1 heterocycles. The van der Waals surface area contributed by atoms with E-state index in [0.29, 0.717) is 11.9 Å². The highest BCUT2D eigenvalue weighted by Gasteiger charge is 2.02. The summed E-state index contributed by atoms with van der Waals surface area (Å²) in [5, 5.41) is 11.0. The number of aromatic nitrogens is 2. The molecule has 0 aliphatic heterocycles. The molecule has 0 radical (unpaired) electrons. The van der Waals surface area contributed by atoms with E-state index in [-0.39, 0.29) is 0 Å². The molecule has 0 saturated heterocycles. The van der Waals surface area contributed by atoms with Crippen molar-refractivity contribution in [2.75, 3.05) is 22.6 Å². The number of anilines is 2. The normalized spacial score (nSPS) is 12.4. The molecular weight excluding hydrogens is 196 g/mol. The van der Waals surface area contributed by atoms with Crippen molar-refractivity contribution < 1.29 is 0 Å². The van der Waals surface area contributed by atoms with Crippen LogP contribution >= 0.6 is 11.8 Å². The molecule has 78 valence electrons. The number of thioether (sulfide) groups is 1. The third-order valence-electron chi connectivity index (χ3n) is 1.65. The van der Waals surface area contributed by atoms with Crippen molar-refractivity contribution in [1.29, 1.82) is 0 Å². The molecule has 0 amide bonds. The van der Waals surface area contributed by atoms with Crippen molar-refractivity contribution in [3.8, 4) is 0 Å². The Morgan fingerprint density at radius 3 is 2.86 bits per heavy atom. The highest BCUT2D eigenvalue weighted by Crippen LogP contribution is 2.08. The van der Waals surface area contributed by atoms with Crippen LogP contribution in [0.2, 0.25) is 0 Å². The molecule has 3 N–H and O–H groups in total. The molecule has 1 rings (SSSR count). The molecule has 0 aliphatic rings. The van der Waals surface area contributed by atoms with Crippen LogP contribution in [-0.2, 0) is 0 Å². The Kier molecular flexibility index (Phi) is 4.52. The molecule has 5 heteroatoms. The maximum Gasteiger partial charge on any atom is 0.149 e. The Hall–Kier alpha value is -0.970. The Balaban J connectivity index is 2.39. The number of rotatable bonds is 5. The lowest BCUT2D eigenvalue weighted by Crippen LogP contribution is -2.19. The van der Waals surface area contributed by atoms with E-state index in [1.807, 2.05) is 17.8 Å². The van der Waals surface area contributed by atoms with Crippen LogP contribution in [0.15, 0.2) is 12.1 Å². The van der Waals surface area contributed by atoms with Crippen LogP contribution in [0, 0.1) is 0 Å². The molecule has 0 aromatic carbocycles. The Bertz CT molecular complexity index is 262. The average Bonchev–Trinajstić information content (AvgIpc) is 2.18. The Morgan fingerprint density at radius 1 is 1.50 bits per heavy atom. The zero-order valence-corrected chi connectivity index (χ0v) is 9.34. The fourth-order valence-electron chi connectivity index (χ4n) is 1.01. The van der Waals surface area contributed by atoms with Gasteiger partial charge in [-0.15, -0.1) is 10.2 Å². The van der Waals surface area contributed by atoms with Crippen molar-refractivity contribution in [3.63, 3.8) is 0 Å². The quantitative estimate of drug-likeness (QED) is 0.776. The maximum atomic E-state index is 5.43. The summed E-state index contributed by atoms with van der Waals surface area (Å²) >= 11 is 1.90. The largest absolute Gasteiger partial charge is 0.382 e. The Morgan fingerprint density at radius 2 is 2.29 bits per heavy atom. The number of hydrogen-bond acceptors (Lipinski definition) is 5. The van der Waals surface area contributed by atoms with Gasteiger partial charge in [-0.2, -0.15) is 11.8 Å². The van der Waals surface area contributed by atoms with Crippen molar-refractivity contribution in [3.05, 3.63) is 12.1 Å². The average molecular weight is 212 g/mol. The van der Waals surface area contributed by atoms with Gasteiger partial charge < -0.3 is 11.1 Å². The van der Waals surface area contributed by atoms with Gasteiger partial charge in [-0.3, -0.25) is 0 Å². The van der Waals surface area contributed by atoms with Gasteiger partial charge in [0.25, 0.3) is 0 Å². The van der Waals surface area contributed by atoms with E-state index in [1.165, 1.54) is 0 Å². The first-order valence-corrected chi connectivity index (χ1v) is 5.81. The minimum absolute atomic E-state index is 0.401. The van der Waals surface area contributed by atoms with Gasteiger partial charge in [0.1, 0.15) is 11.6 Å². The number of nitrogens with two attached hydrogens (primary N) is 1. The van der Waals surface area contributed by atoms with Crippen molar-refractivity contribution in [1.82, 2.24) is 10.2 Å². The van der Waals surface area contributed by atoms with Crippen molar-refractivity contribution >= 4 is 23.4 Å². The van der Waals surface area contributed by atoms with Crippen LogP contribution in [-0.4, -0.2) is 27.7 Å². The van der Waals surface area contributed by atoms with Crippen LogP contribution in [0.25, 0.3) is 0 Å². The third-order valence-corrected chi connectivity index (χ3v) is 2.80. The zero-order valence-electron chi connectivity index (χ0n) is 8.53. The molecule has 14 heavy (non-hydrogen) atoms. The summed E-state index contributed by atoms with van der Waals surface area (Å²) in [7, 11) is 0. The number of nitrogens with zero attached hydrogens (tertiary/aromatic N) is 2. The lowest BCUT2D eigenvalue weighted by atomic mass is 10.4. The van der Waals surface area contributed by atoms with Gasteiger partial charge in [0.2, 0.25) is 0 Å². The van der Waals surface area contributed by atoms with Gasteiger partial charge in [0, 0.05) is 11.8 Å². The summed E-state index contributed by atoms with van der Waals surface area (Å²) in [6.07, 6.45) is 0. The highest BCUT2D eigenvalue weighted by molar-refractivity contribution is 7.99. The molecule has 0 saturated carbocycles.